The molecule has 0 atom stereocenters. The summed E-state index contributed by atoms with van der Waals surface area (Å²) in [6.07, 6.45) is 3.51. The summed E-state index contributed by atoms with van der Waals surface area (Å²) in [6, 6.07) is 0.598. The maximum Gasteiger partial charge on any atom is 0.318 e. The van der Waals surface area contributed by atoms with E-state index >= 15 is 0 Å². The molecule has 0 aromatic carbocycles. The third kappa shape index (κ3) is 3.40. The second kappa shape index (κ2) is 7.09. The first-order valence-electron chi connectivity index (χ1n) is 8.21. The number of anilines is 1. The van der Waals surface area contributed by atoms with Crippen LogP contribution in [-0.4, -0.2) is 60.4 Å². The van der Waals surface area contributed by atoms with Gasteiger partial charge in [0.05, 0.1) is 13.2 Å². The van der Waals surface area contributed by atoms with Crippen LogP contribution in [-0.2, 0) is 16.0 Å². The number of carbonyl (C=O) groups is 1. The van der Waals surface area contributed by atoms with E-state index in [0.29, 0.717) is 25.1 Å². The average molecular weight is 308 g/mol. The molecule has 3 heterocycles. The number of ether oxygens (including phenoxy) is 1. The highest BCUT2D eigenvalue weighted by atomic mass is 16.5. The van der Waals surface area contributed by atoms with Crippen molar-refractivity contribution in [2.45, 2.75) is 32.6 Å². The Bertz CT molecular complexity index is 491. The van der Waals surface area contributed by atoms with Crippen LogP contribution in [0.1, 0.15) is 32.1 Å². The summed E-state index contributed by atoms with van der Waals surface area (Å²) in [5.74, 6) is 1.09. The fourth-order valence-electron chi connectivity index (χ4n) is 3.05. The van der Waals surface area contributed by atoms with Gasteiger partial charge in [-0.05, 0) is 19.3 Å². The lowest BCUT2D eigenvalue weighted by Gasteiger charge is -2.34. The molecule has 2 aliphatic rings. The number of rotatable bonds is 4. The summed E-state index contributed by atoms with van der Waals surface area (Å²) in [5.41, 5.74) is 0. The number of amides is 1. The van der Waals surface area contributed by atoms with Crippen molar-refractivity contribution in [3.63, 3.8) is 0 Å². The molecule has 0 radical (unpaired) electrons. The first-order chi connectivity index (χ1) is 10.8. The number of morpholine rings is 1. The molecule has 2 saturated heterocycles. The number of hydrogen-bond acceptors (Lipinski definition) is 6. The second-order valence-corrected chi connectivity index (χ2v) is 5.93. The summed E-state index contributed by atoms with van der Waals surface area (Å²) in [7, 11) is 0. The zero-order valence-electron chi connectivity index (χ0n) is 13.2. The third-order valence-corrected chi connectivity index (χ3v) is 4.36. The van der Waals surface area contributed by atoms with Crippen molar-refractivity contribution in [1.82, 2.24) is 15.1 Å². The topological polar surface area (TPSA) is 71.7 Å². The molecule has 0 aliphatic carbocycles. The van der Waals surface area contributed by atoms with E-state index in [1.165, 1.54) is 0 Å². The summed E-state index contributed by atoms with van der Waals surface area (Å²) in [4.78, 5) is 16.5. The van der Waals surface area contributed by atoms with Crippen LogP contribution in [0.2, 0.25) is 0 Å². The number of piperidine rings is 1. The molecule has 22 heavy (non-hydrogen) atoms. The number of carbonyl (C=O) groups excluding carboxylic acids is 1. The Balaban J connectivity index is 1.51. The van der Waals surface area contributed by atoms with Gasteiger partial charge in [-0.15, -0.1) is 5.10 Å². The number of nitrogens with zero attached hydrogens (tertiary/aromatic N) is 4. The highest BCUT2D eigenvalue weighted by molar-refractivity contribution is 5.79. The minimum Gasteiger partial charge on any atom is -0.408 e. The first kappa shape index (κ1) is 15.3. The van der Waals surface area contributed by atoms with Gasteiger partial charge in [0.1, 0.15) is 0 Å². The minimum atomic E-state index is 0.118. The van der Waals surface area contributed by atoms with Gasteiger partial charge in [0.2, 0.25) is 11.8 Å². The monoisotopic (exact) mass is 308 g/mol. The highest BCUT2D eigenvalue weighted by Gasteiger charge is 2.30. The zero-order chi connectivity index (χ0) is 15.4. The van der Waals surface area contributed by atoms with Gasteiger partial charge >= 0.3 is 6.01 Å². The fourth-order valence-corrected chi connectivity index (χ4v) is 3.05. The molecule has 2 fully saturated rings. The number of hydrogen-bond donors (Lipinski definition) is 0. The van der Waals surface area contributed by atoms with E-state index in [9.17, 15) is 4.79 Å². The van der Waals surface area contributed by atoms with E-state index in [1.807, 2.05) is 4.90 Å². The Kier molecular flexibility index (Phi) is 4.92. The van der Waals surface area contributed by atoms with Crippen LogP contribution in [0, 0.1) is 5.92 Å². The molecule has 122 valence electrons. The van der Waals surface area contributed by atoms with Crippen LogP contribution in [0.4, 0.5) is 6.01 Å². The Morgan fingerprint density at radius 3 is 2.59 bits per heavy atom. The molecular formula is C15H24N4O3. The molecule has 7 nitrogen and oxygen atoms in total. The quantitative estimate of drug-likeness (QED) is 0.829. The molecule has 1 aromatic heterocycles. The lowest BCUT2D eigenvalue weighted by molar-refractivity contribution is -0.140. The van der Waals surface area contributed by atoms with Crippen molar-refractivity contribution < 1.29 is 13.9 Å². The van der Waals surface area contributed by atoms with Gasteiger partial charge in [-0.2, -0.15) is 0 Å². The van der Waals surface area contributed by atoms with Crippen LogP contribution < -0.4 is 4.90 Å². The van der Waals surface area contributed by atoms with E-state index in [4.69, 9.17) is 9.15 Å². The SMILES string of the molecule is CCCc1nnc(N2CCC(C(=O)N3CCOCC3)CC2)o1. The Morgan fingerprint density at radius 1 is 1.18 bits per heavy atom. The molecule has 3 rings (SSSR count). The zero-order valence-corrected chi connectivity index (χ0v) is 13.2. The minimum absolute atomic E-state index is 0.118. The second-order valence-electron chi connectivity index (χ2n) is 5.93. The predicted octanol–water partition coefficient (Wildman–Crippen LogP) is 1.10. The van der Waals surface area contributed by atoms with Crippen molar-refractivity contribution in [2.24, 2.45) is 5.92 Å². The predicted molar refractivity (Wildman–Crippen MR) is 80.6 cm³/mol. The lowest BCUT2D eigenvalue weighted by Crippen LogP contribution is -2.46. The number of aromatic nitrogens is 2. The van der Waals surface area contributed by atoms with Crippen LogP contribution in [0.3, 0.4) is 0 Å². The summed E-state index contributed by atoms with van der Waals surface area (Å²) in [5, 5.41) is 8.18. The molecule has 0 saturated carbocycles. The van der Waals surface area contributed by atoms with Gasteiger partial charge in [0.15, 0.2) is 0 Å². The third-order valence-electron chi connectivity index (χ3n) is 4.36. The molecule has 0 unspecified atom stereocenters. The van der Waals surface area contributed by atoms with Gasteiger partial charge in [-0.3, -0.25) is 4.79 Å². The van der Waals surface area contributed by atoms with E-state index in [1.54, 1.807) is 0 Å². The Morgan fingerprint density at radius 2 is 1.91 bits per heavy atom. The Hall–Kier alpha value is -1.63. The maximum absolute atomic E-state index is 12.5. The standard InChI is InChI=1S/C15H24N4O3/c1-2-3-13-16-17-15(22-13)19-6-4-12(5-7-19)14(20)18-8-10-21-11-9-18/h12H,2-11H2,1H3. The molecule has 1 amide bonds. The summed E-state index contributed by atoms with van der Waals surface area (Å²) >= 11 is 0. The lowest BCUT2D eigenvalue weighted by atomic mass is 9.95. The smallest absolute Gasteiger partial charge is 0.318 e. The van der Waals surface area contributed by atoms with E-state index in [2.05, 4.69) is 22.0 Å². The van der Waals surface area contributed by atoms with E-state index in [-0.39, 0.29) is 11.8 Å². The van der Waals surface area contributed by atoms with E-state index in [0.717, 1.165) is 51.9 Å². The van der Waals surface area contributed by atoms with Crippen molar-refractivity contribution in [3.8, 4) is 0 Å². The van der Waals surface area contributed by atoms with Gasteiger partial charge < -0.3 is 19.0 Å². The first-order valence-corrected chi connectivity index (χ1v) is 8.21. The molecule has 7 heteroatoms. The van der Waals surface area contributed by atoms with Crippen molar-refractivity contribution in [1.29, 1.82) is 0 Å². The van der Waals surface area contributed by atoms with Gasteiger partial charge in [-0.25, -0.2) is 0 Å². The fraction of sp³-hybridized carbons (Fsp3) is 0.800. The molecule has 1 aromatic rings. The van der Waals surface area contributed by atoms with Crippen molar-refractivity contribution in [3.05, 3.63) is 5.89 Å². The van der Waals surface area contributed by atoms with Crippen LogP contribution in [0.5, 0.6) is 0 Å². The van der Waals surface area contributed by atoms with Gasteiger partial charge in [-0.1, -0.05) is 12.0 Å². The molecule has 2 aliphatic heterocycles. The molecule has 0 bridgehead atoms. The van der Waals surface area contributed by atoms with Crippen LogP contribution in [0.15, 0.2) is 4.42 Å². The molecular weight excluding hydrogens is 284 g/mol. The largest absolute Gasteiger partial charge is 0.408 e. The van der Waals surface area contributed by atoms with Gasteiger partial charge in [0, 0.05) is 38.5 Å². The molecule has 0 spiro atoms. The van der Waals surface area contributed by atoms with Crippen molar-refractivity contribution in [2.75, 3.05) is 44.3 Å². The van der Waals surface area contributed by atoms with Crippen molar-refractivity contribution >= 4 is 11.9 Å². The highest BCUT2D eigenvalue weighted by Crippen LogP contribution is 2.24. The van der Waals surface area contributed by atoms with Crippen LogP contribution >= 0.6 is 0 Å². The average Bonchev–Trinajstić information content (AvgIpc) is 3.04. The van der Waals surface area contributed by atoms with E-state index < -0.39 is 0 Å². The summed E-state index contributed by atoms with van der Waals surface area (Å²) < 4.78 is 11.0. The maximum atomic E-state index is 12.5. The Labute approximate surface area is 130 Å². The summed E-state index contributed by atoms with van der Waals surface area (Å²) in [6.45, 7) is 6.46. The number of aryl methyl sites for hydroxylation is 1. The van der Waals surface area contributed by atoms with Crippen LogP contribution in [0.25, 0.3) is 0 Å². The molecule has 0 N–H and O–H groups in total. The normalized spacial score (nSPS) is 20.4. The van der Waals surface area contributed by atoms with Gasteiger partial charge in [0.25, 0.3) is 0 Å².